The van der Waals surface area contributed by atoms with Gasteiger partial charge in [-0.25, -0.2) is 0 Å². The normalized spacial score (nSPS) is 17.9. The summed E-state index contributed by atoms with van der Waals surface area (Å²) in [5.74, 6) is 0.874. The highest BCUT2D eigenvalue weighted by Gasteiger charge is 2.22. The number of nitrogens with zero attached hydrogens (tertiary/aromatic N) is 3. The maximum atomic E-state index is 12.1. The van der Waals surface area contributed by atoms with Crippen LogP contribution in [-0.4, -0.2) is 59.6 Å². The van der Waals surface area contributed by atoms with E-state index in [2.05, 4.69) is 22.1 Å². The predicted octanol–water partition coefficient (Wildman–Crippen LogP) is 0.406. The molecule has 6 heteroatoms. The van der Waals surface area contributed by atoms with Gasteiger partial charge in [-0.05, 0) is 38.9 Å². The van der Waals surface area contributed by atoms with Gasteiger partial charge in [-0.3, -0.25) is 9.89 Å². The number of rotatable bonds is 3. The van der Waals surface area contributed by atoms with Crippen LogP contribution in [0.3, 0.4) is 0 Å². The number of aromatic amines is 1. The first-order chi connectivity index (χ1) is 8.58. The van der Waals surface area contributed by atoms with Gasteiger partial charge in [-0.1, -0.05) is 0 Å². The van der Waals surface area contributed by atoms with Gasteiger partial charge in [0.1, 0.15) is 11.4 Å². The highest BCUT2D eigenvalue weighted by atomic mass is 16.2. The Morgan fingerprint density at radius 1 is 1.61 bits per heavy atom. The number of hydrogen-bond acceptors (Lipinski definition) is 4. The fourth-order valence-corrected chi connectivity index (χ4v) is 2.39. The van der Waals surface area contributed by atoms with Crippen LogP contribution in [0.1, 0.15) is 23.2 Å². The average molecular weight is 251 g/mol. The van der Waals surface area contributed by atoms with Crippen LogP contribution in [0.15, 0.2) is 6.20 Å². The molecule has 6 nitrogen and oxygen atoms in total. The summed E-state index contributed by atoms with van der Waals surface area (Å²) in [7, 11) is 3.96. The molecule has 0 unspecified atom stereocenters. The maximum Gasteiger partial charge on any atom is 0.258 e. The summed E-state index contributed by atoms with van der Waals surface area (Å²) in [6, 6.07) is 0. The van der Waals surface area contributed by atoms with E-state index in [1.54, 1.807) is 4.90 Å². The molecule has 0 saturated carbocycles. The van der Waals surface area contributed by atoms with Crippen molar-refractivity contribution in [3.63, 3.8) is 0 Å². The lowest BCUT2D eigenvalue weighted by Gasteiger charge is -2.31. The van der Waals surface area contributed by atoms with Crippen LogP contribution < -0.4 is 5.73 Å². The van der Waals surface area contributed by atoms with E-state index in [1.807, 2.05) is 7.05 Å². The number of carbonyl (C=O) groups excluding carboxylic acids is 1. The zero-order valence-electron chi connectivity index (χ0n) is 11.0. The molecule has 0 aromatic carbocycles. The van der Waals surface area contributed by atoms with E-state index in [0.29, 0.717) is 17.3 Å². The number of carbonyl (C=O) groups is 1. The van der Waals surface area contributed by atoms with Crippen molar-refractivity contribution in [3.8, 4) is 0 Å². The van der Waals surface area contributed by atoms with E-state index < -0.39 is 0 Å². The molecule has 3 N–H and O–H groups in total. The zero-order valence-corrected chi connectivity index (χ0v) is 11.0. The van der Waals surface area contributed by atoms with Gasteiger partial charge in [0.15, 0.2) is 0 Å². The molecule has 0 atom stereocenters. The van der Waals surface area contributed by atoms with Crippen molar-refractivity contribution in [2.45, 2.75) is 12.8 Å². The Labute approximate surface area is 107 Å². The minimum atomic E-state index is -0.0554. The number of likely N-dealkylation sites (tertiary alicyclic amines) is 1. The number of aromatic nitrogens is 2. The summed E-state index contributed by atoms with van der Waals surface area (Å²) in [4.78, 5) is 16.2. The van der Waals surface area contributed by atoms with Gasteiger partial charge in [0.25, 0.3) is 5.91 Å². The Kier molecular flexibility index (Phi) is 3.86. The van der Waals surface area contributed by atoms with Crippen molar-refractivity contribution in [3.05, 3.63) is 11.8 Å². The fraction of sp³-hybridized carbons (Fsp3) is 0.667. The van der Waals surface area contributed by atoms with Crippen molar-refractivity contribution in [1.82, 2.24) is 20.0 Å². The molecule has 1 aromatic rings. The first kappa shape index (κ1) is 12.9. The third kappa shape index (κ3) is 2.81. The molecule has 0 spiro atoms. The van der Waals surface area contributed by atoms with Crippen LogP contribution in [0, 0.1) is 5.92 Å². The second-order valence-corrected chi connectivity index (χ2v) is 5.13. The van der Waals surface area contributed by atoms with Crippen LogP contribution >= 0.6 is 0 Å². The molecule has 0 radical (unpaired) electrons. The minimum absolute atomic E-state index is 0.0554. The van der Waals surface area contributed by atoms with Gasteiger partial charge < -0.3 is 15.5 Å². The van der Waals surface area contributed by atoms with Crippen LogP contribution in [0.2, 0.25) is 0 Å². The molecule has 0 aliphatic carbocycles. The van der Waals surface area contributed by atoms with E-state index in [4.69, 9.17) is 5.73 Å². The monoisotopic (exact) mass is 251 g/mol. The van der Waals surface area contributed by atoms with E-state index >= 15 is 0 Å². The lowest BCUT2D eigenvalue weighted by molar-refractivity contribution is 0.0748. The van der Waals surface area contributed by atoms with Gasteiger partial charge in [-0.15, -0.1) is 0 Å². The SMILES string of the molecule is CN1CCC(CN(C)C(=O)c2cn[nH]c2N)CC1. The molecule has 0 bridgehead atoms. The molecule has 1 amide bonds. The predicted molar refractivity (Wildman–Crippen MR) is 70.2 cm³/mol. The molecular weight excluding hydrogens is 230 g/mol. The summed E-state index contributed by atoms with van der Waals surface area (Å²) in [6.07, 6.45) is 3.78. The Morgan fingerprint density at radius 2 is 2.28 bits per heavy atom. The largest absolute Gasteiger partial charge is 0.383 e. The quantitative estimate of drug-likeness (QED) is 0.815. The van der Waals surface area contributed by atoms with E-state index in [0.717, 1.165) is 32.5 Å². The number of nitrogens with two attached hydrogens (primary N) is 1. The summed E-state index contributed by atoms with van der Waals surface area (Å²) in [5, 5.41) is 6.37. The zero-order chi connectivity index (χ0) is 13.1. The minimum Gasteiger partial charge on any atom is -0.383 e. The van der Waals surface area contributed by atoms with Crippen LogP contribution in [0.5, 0.6) is 0 Å². The Balaban J connectivity index is 1.90. The van der Waals surface area contributed by atoms with Crippen molar-refractivity contribution in [2.24, 2.45) is 5.92 Å². The Bertz CT molecular complexity index is 408. The summed E-state index contributed by atoms with van der Waals surface area (Å²) in [5.41, 5.74) is 6.12. The van der Waals surface area contributed by atoms with Crippen molar-refractivity contribution in [1.29, 1.82) is 0 Å². The number of piperidine rings is 1. The number of amides is 1. The van der Waals surface area contributed by atoms with Gasteiger partial charge >= 0.3 is 0 Å². The first-order valence-electron chi connectivity index (χ1n) is 6.30. The van der Waals surface area contributed by atoms with Crippen LogP contribution in [0.4, 0.5) is 5.82 Å². The molecule has 2 rings (SSSR count). The molecule has 18 heavy (non-hydrogen) atoms. The molecular formula is C12H21N5O. The van der Waals surface area contributed by atoms with Gasteiger partial charge in [-0.2, -0.15) is 5.10 Å². The lowest BCUT2D eigenvalue weighted by Crippen LogP contribution is -2.38. The average Bonchev–Trinajstić information content (AvgIpc) is 2.77. The van der Waals surface area contributed by atoms with Crippen molar-refractivity contribution < 1.29 is 4.79 Å². The smallest absolute Gasteiger partial charge is 0.258 e. The highest BCUT2D eigenvalue weighted by Crippen LogP contribution is 2.18. The maximum absolute atomic E-state index is 12.1. The number of hydrogen-bond donors (Lipinski definition) is 2. The summed E-state index contributed by atoms with van der Waals surface area (Å²) < 4.78 is 0. The molecule has 1 aromatic heterocycles. The topological polar surface area (TPSA) is 78.2 Å². The first-order valence-corrected chi connectivity index (χ1v) is 6.30. The third-order valence-electron chi connectivity index (χ3n) is 3.62. The van der Waals surface area contributed by atoms with Gasteiger partial charge in [0, 0.05) is 13.6 Å². The Hall–Kier alpha value is -1.56. The van der Waals surface area contributed by atoms with Gasteiger partial charge in [0.05, 0.1) is 6.20 Å². The number of nitrogen functional groups attached to an aromatic ring is 1. The molecule has 100 valence electrons. The standard InChI is InChI=1S/C12H21N5O/c1-16-5-3-9(4-6-16)8-17(2)12(18)10-7-14-15-11(10)13/h7,9H,3-6,8H2,1-2H3,(H3,13,14,15). The third-order valence-corrected chi connectivity index (χ3v) is 3.62. The molecule has 1 aliphatic rings. The highest BCUT2D eigenvalue weighted by molar-refractivity contribution is 5.97. The van der Waals surface area contributed by atoms with Crippen molar-refractivity contribution >= 4 is 11.7 Å². The van der Waals surface area contributed by atoms with Crippen LogP contribution in [0.25, 0.3) is 0 Å². The van der Waals surface area contributed by atoms with Gasteiger partial charge in [0.2, 0.25) is 0 Å². The molecule has 1 fully saturated rings. The second kappa shape index (κ2) is 5.39. The summed E-state index contributed by atoms with van der Waals surface area (Å²) >= 11 is 0. The second-order valence-electron chi connectivity index (χ2n) is 5.13. The number of H-pyrrole nitrogens is 1. The Morgan fingerprint density at radius 3 is 2.83 bits per heavy atom. The fourth-order valence-electron chi connectivity index (χ4n) is 2.39. The number of anilines is 1. The van der Waals surface area contributed by atoms with Crippen molar-refractivity contribution in [2.75, 3.05) is 39.5 Å². The van der Waals surface area contributed by atoms with E-state index in [1.165, 1.54) is 6.20 Å². The number of nitrogens with one attached hydrogen (secondary N) is 1. The molecule has 1 aliphatic heterocycles. The summed E-state index contributed by atoms with van der Waals surface area (Å²) in [6.45, 7) is 3.01. The van der Waals surface area contributed by atoms with E-state index in [-0.39, 0.29) is 5.91 Å². The lowest BCUT2D eigenvalue weighted by atomic mass is 9.96. The molecule has 1 saturated heterocycles. The van der Waals surface area contributed by atoms with E-state index in [9.17, 15) is 4.79 Å². The van der Waals surface area contributed by atoms with Crippen LogP contribution in [-0.2, 0) is 0 Å². The molecule has 2 heterocycles.